The van der Waals surface area contributed by atoms with Gasteiger partial charge in [-0.3, -0.25) is 14.8 Å². The minimum absolute atomic E-state index is 0.133. The summed E-state index contributed by atoms with van der Waals surface area (Å²) in [5.41, 5.74) is -0.133. The number of rotatable bonds is 2. The third kappa shape index (κ3) is 2.53. The Balaban J connectivity index is 1.99. The first kappa shape index (κ1) is 15.1. The molecule has 2 amide bonds. The van der Waals surface area contributed by atoms with Gasteiger partial charge in [0, 0.05) is 9.85 Å². The van der Waals surface area contributed by atoms with Gasteiger partial charge in [-0.1, -0.05) is 12.1 Å². The number of thiophene rings is 1. The maximum atomic E-state index is 13.8. The third-order valence-electron chi connectivity index (χ3n) is 3.30. The highest BCUT2D eigenvalue weighted by Crippen LogP contribution is 2.35. The molecule has 3 rings (SSSR count). The number of hydroxylamine groups is 2. The van der Waals surface area contributed by atoms with Crippen LogP contribution in [0.25, 0.3) is 0 Å². The van der Waals surface area contributed by atoms with Gasteiger partial charge in [0.1, 0.15) is 12.4 Å². The average Bonchev–Trinajstić information content (AvgIpc) is 3.03. The summed E-state index contributed by atoms with van der Waals surface area (Å²) >= 11 is 4.57. The Morgan fingerprint density at radius 2 is 2.14 bits per heavy atom. The van der Waals surface area contributed by atoms with E-state index >= 15 is 0 Å². The first-order valence-corrected chi connectivity index (χ1v) is 7.96. The smallest absolute Gasteiger partial charge is 0.267 e. The number of nitrogens with zero attached hydrogens (tertiary/aromatic N) is 2. The Bertz CT molecular complexity index is 751. The molecule has 0 bridgehead atoms. The van der Waals surface area contributed by atoms with Crippen molar-refractivity contribution in [1.29, 1.82) is 0 Å². The van der Waals surface area contributed by atoms with E-state index in [0.717, 1.165) is 9.37 Å². The van der Waals surface area contributed by atoms with Crippen molar-refractivity contribution in [2.45, 2.75) is 6.17 Å². The van der Waals surface area contributed by atoms with E-state index in [2.05, 4.69) is 15.9 Å². The Hall–Kier alpha value is -1.77. The lowest BCUT2D eigenvalue weighted by Crippen LogP contribution is -2.34. The van der Waals surface area contributed by atoms with E-state index in [1.807, 2.05) is 0 Å². The largest absolute Gasteiger partial charge is 0.302 e. The van der Waals surface area contributed by atoms with Crippen LogP contribution in [0.4, 0.5) is 4.39 Å². The van der Waals surface area contributed by atoms with E-state index in [4.69, 9.17) is 0 Å². The van der Waals surface area contributed by atoms with Gasteiger partial charge in [0.25, 0.3) is 11.8 Å². The normalized spacial score (nSPS) is 18.1. The predicted molar refractivity (Wildman–Crippen MR) is 80.8 cm³/mol. The molecular weight excluding hydrogens is 375 g/mol. The fraction of sp³-hybridized carbons (Fsp3) is 0.143. The summed E-state index contributed by atoms with van der Waals surface area (Å²) in [4.78, 5) is 26.1. The number of carbonyl (C=O) groups is 2. The van der Waals surface area contributed by atoms with Crippen molar-refractivity contribution in [1.82, 2.24) is 9.96 Å². The Kier molecular flexibility index (Phi) is 3.98. The summed E-state index contributed by atoms with van der Waals surface area (Å²) < 4.78 is 14.6. The van der Waals surface area contributed by atoms with Gasteiger partial charge >= 0.3 is 0 Å². The van der Waals surface area contributed by atoms with Crippen LogP contribution in [0.1, 0.15) is 21.4 Å². The molecule has 1 fully saturated rings. The molecule has 1 unspecified atom stereocenters. The SMILES string of the molecule is O=C1CN(C(=O)c2ccccc2F)C(c2cc(Br)cs2)N1O. The van der Waals surface area contributed by atoms with Crippen molar-refractivity contribution >= 4 is 39.1 Å². The van der Waals surface area contributed by atoms with E-state index in [-0.39, 0.29) is 12.1 Å². The van der Waals surface area contributed by atoms with Crippen molar-refractivity contribution in [3.8, 4) is 0 Å². The van der Waals surface area contributed by atoms with Crippen LogP contribution in [0.2, 0.25) is 0 Å². The van der Waals surface area contributed by atoms with Crippen LogP contribution in [0, 0.1) is 5.82 Å². The van der Waals surface area contributed by atoms with E-state index in [0.29, 0.717) is 9.94 Å². The minimum Gasteiger partial charge on any atom is -0.302 e. The second kappa shape index (κ2) is 5.79. The molecule has 1 saturated heterocycles. The molecular formula is C14H10BrFN2O3S. The molecule has 2 aromatic rings. The van der Waals surface area contributed by atoms with Crippen LogP contribution < -0.4 is 0 Å². The van der Waals surface area contributed by atoms with Crippen LogP contribution in [0.3, 0.4) is 0 Å². The molecule has 1 aromatic heterocycles. The molecule has 1 aliphatic rings. The zero-order chi connectivity index (χ0) is 15.9. The molecule has 5 nitrogen and oxygen atoms in total. The maximum absolute atomic E-state index is 13.8. The highest BCUT2D eigenvalue weighted by atomic mass is 79.9. The average molecular weight is 385 g/mol. The summed E-state index contributed by atoms with van der Waals surface area (Å²) in [6.07, 6.45) is -0.948. The Morgan fingerprint density at radius 1 is 1.41 bits per heavy atom. The van der Waals surface area contributed by atoms with E-state index in [1.165, 1.54) is 29.5 Å². The van der Waals surface area contributed by atoms with E-state index in [1.54, 1.807) is 17.5 Å². The molecule has 0 radical (unpaired) electrons. The summed E-state index contributed by atoms with van der Waals surface area (Å²) in [6, 6.07) is 7.26. The number of carbonyl (C=O) groups excluding carboxylic acids is 2. The Labute approximate surface area is 137 Å². The lowest BCUT2D eigenvalue weighted by Gasteiger charge is -2.25. The van der Waals surface area contributed by atoms with Crippen LogP contribution in [-0.2, 0) is 4.79 Å². The molecule has 2 heterocycles. The zero-order valence-electron chi connectivity index (χ0n) is 11.1. The number of benzene rings is 1. The van der Waals surface area contributed by atoms with Gasteiger partial charge in [0.05, 0.1) is 10.4 Å². The monoisotopic (exact) mass is 384 g/mol. The van der Waals surface area contributed by atoms with Crippen LogP contribution in [-0.4, -0.2) is 33.5 Å². The lowest BCUT2D eigenvalue weighted by atomic mass is 10.2. The summed E-state index contributed by atoms with van der Waals surface area (Å²) in [5.74, 6) is -1.92. The predicted octanol–water partition coefficient (Wildman–Crippen LogP) is 3.02. The van der Waals surface area contributed by atoms with Gasteiger partial charge in [-0.15, -0.1) is 11.3 Å². The second-order valence-electron chi connectivity index (χ2n) is 4.69. The molecule has 0 aliphatic carbocycles. The molecule has 22 heavy (non-hydrogen) atoms. The molecule has 1 aromatic carbocycles. The summed E-state index contributed by atoms with van der Waals surface area (Å²) in [6.45, 7) is -0.302. The Morgan fingerprint density at radius 3 is 2.77 bits per heavy atom. The highest BCUT2D eigenvalue weighted by Gasteiger charge is 2.42. The molecule has 1 aliphatic heterocycles. The topological polar surface area (TPSA) is 60.9 Å². The number of halogens is 2. The fourth-order valence-electron chi connectivity index (χ4n) is 2.28. The third-order valence-corrected chi connectivity index (χ3v) is 5.03. The van der Waals surface area contributed by atoms with Gasteiger partial charge < -0.3 is 4.90 Å². The van der Waals surface area contributed by atoms with Crippen molar-refractivity contribution in [2.24, 2.45) is 0 Å². The molecule has 8 heteroatoms. The second-order valence-corrected chi connectivity index (χ2v) is 6.55. The molecule has 0 saturated carbocycles. The molecule has 114 valence electrons. The molecule has 0 spiro atoms. The van der Waals surface area contributed by atoms with Gasteiger partial charge in [0.15, 0.2) is 6.17 Å². The van der Waals surface area contributed by atoms with Crippen LogP contribution in [0.5, 0.6) is 0 Å². The number of hydrogen-bond donors (Lipinski definition) is 1. The first-order valence-electron chi connectivity index (χ1n) is 6.29. The van der Waals surface area contributed by atoms with Crippen molar-refractivity contribution < 1.29 is 19.2 Å². The van der Waals surface area contributed by atoms with Gasteiger partial charge in [0.2, 0.25) is 0 Å². The fourth-order valence-corrected chi connectivity index (χ4v) is 3.82. The number of amides is 2. The lowest BCUT2D eigenvalue weighted by molar-refractivity contribution is -0.168. The molecule has 1 atom stereocenters. The van der Waals surface area contributed by atoms with Crippen molar-refractivity contribution in [2.75, 3.05) is 6.54 Å². The van der Waals surface area contributed by atoms with E-state index in [9.17, 15) is 19.2 Å². The summed E-state index contributed by atoms with van der Waals surface area (Å²) in [7, 11) is 0. The first-order chi connectivity index (χ1) is 10.5. The maximum Gasteiger partial charge on any atom is 0.267 e. The van der Waals surface area contributed by atoms with Crippen LogP contribution >= 0.6 is 27.3 Å². The zero-order valence-corrected chi connectivity index (χ0v) is 13.5. The number of hydrogen-bond acceptors (Lipinski definition) is 4. The highest BCUT2D eigenvalue weighted by molar-refractivity contribution is 9.10. The van der Waals surface area contributed by atoms with Crippen molar-refractivity contribution in [3.63, 3.8) is 0 Å². The minimum atomic E-state index is -0.948. The van der Waals surface area contributed by atoms with Gasteiger partial charge in [-0.05, 0) is 34.1 Å². The molecule has 1 N–H and O–H groups in total. The van der Waals surface area contributed by atoms with Crippen LogP contribution in [0.15, 0.2) is 40.2 Å². The quantitative estimate of drug-likeness (QED) is 0.809. The standard InChI is InChI=1S/C14H10BrFN2O3S/c15-8-5-11(22-7-8)13-17(6-12(19)18(13)21)14(20)9-3-1-2-4-10(9)16/h1-5,7,13,21H,6H2. The van der Waals surface area contributed by atoms with Gasteiger partial charge in [-0.25, -0.2) is 4.39 Å². The van der Waals surface area contributed by atoms with E-state index < -0.39 is 23.8 Å². The van der Waals surface area contributed by atoms with Crippen molar-refractivity contribution in [3.05, 3.63) is 56.4 Å². The van der Waals surface area contributed by atoms with Gasteiger partial charge in [-0.2, -0.15) is 5.06 Å². The summed E-state index contributed by atoms with van der Waals surface area (Å²) in [5, 5.41) is 12.2.